The van der Waals surface area contributed by atoms with Crippen LogP contribution in [-0.4, -0.2) is 16.2 Å². The molecule has 0 bridgehead atoms. The molecular weight excluding hydrogens is 516 g/mol. The van der Waals surface area contributed by atoms with Gasteiger partial charge in [0, 0.05) is 52.9 Å². The fourth-order valence-corrected chi connectivity index (χ4v) is 5.69. The summed E-state index contributed by atoms with van der Waals surface area (Å²) in [5.41, 5.74) is 6.99. The highest BCUT2D eigenvalue weighted by molar-refractivity contribution is 6.09. The predicted octanol–water partition coefficient (Wildman–Crippen LogP) is 9.33. The Balaban J connectivity index is 1.22. The summed E-state index contributed by atoms with van der Waals surface area (Å²) in [6, 6.07) is 36.0. The summed E-state index contributed by atoms with van der Waals surface area (Å²) in [6.45, 7) is 9.57. The molecule has 2 aromatic heterocycles. The molecule has 1 aliphatic rings. The molecule has 0 unspecified atom stereocenters. The lowest BCUT2D eigenvalue weighted by atomic mass is 9.88. The highest BCUT2D eigenvalue weighted by Gasteiger charge is 2.19. The third-order valence-electron chi connectivity index (χ3n) is 7.94. The molecule has 0 fully saturated rings. The van der Waals surface area contributed by atoms with Crippen LogP contribution in [0.5, 0.6) is 11.5 Å². The van der Waals surface area contributed by atoms with Gasteiger partial charge in [0.15, 0.2) is 0 Å². The summed E-state index contributed by atoms with van der Waals surface area (Å²) in [6.07, 6.45) is 6.15. The van der Waals surface area contributed by atoms with Gasteiger partial charge in [-0.05, 0) is 78.1 Å². The quantitative estimate of drug-likeness (QED) is 0.214. The van der Waals surface area contributed by atoms with Crippen LogP contribution in [0, 0.1) is 6.92 Å². The van der Waals surface area contributed by atoms with Crippen molar-refractivity contribution in [3.8, 4) is 17.3 Å². The van der Waals surface area contributed by atoms with Crippen molar-refractivity contribution in [2.24, 2.45) is 0 Å². The number of hydrogen-bond donors (Lipinski definition) is 0. The zero-order chi connectivity index (χ0) is 28.8. The van der Waals surface area contributed by atoms with E-state index in [4.69, 9.17) is 9.72 Å². The van der Waals surface area contributed by atoms with E-state index in [-0.39, 0.29) is 5.41 Å². The van der Waals surface area contributed by atoms with Crippen LogP contribution in [0.4, 0.5) is 11.4 Å². The van der Waals surface area contributed by atoms with Crippen molar-refractivity contribution in [2.75, 3.05) is 16.5 Å². The smallest absolute Gasteiger partial charge is 0.137 e. The van der Waals surface area contributed by atoms with E-state index in [2.05, 4.69) is 145 Å². The lowest BCUT2D eigenvalue weighted by Gasteiger charge is -2.22. The molecule has 0 spiro atoms. The molecule has 5 nitrogen and oxygen atoms in total. The number of aromatic nitrogens is 2. The first kappa shape index (κ1) is 25.9. The second-order valence-electron chi connectivity index (χ2n) is 12.0. The monoisotopic (exact) mass is 550 g/mol. The van der Waals surface area contributed by atoms with E-state index in [9.17, 15) is 0 Å². The molecular formula is C37H34N4O. The maximum absolute atomic E-state index is 6.48. The first-order valence-corrected chi connectivity index (χ1v) is 14.4. The molecule has 3 heterocycles. The minimum Gasteiger partial charge on any atom is -0.457 e. The lowest BCUT2D eigenvalue weighted by molar-refractivity contribution is 0.483. The number of hydrogen-bond acceptors (Lipinski definition) is 4. The van der Waals surface area contributed by atoms with Gasteiger partial charge >= 0.3 is 0 Å². The molecule has 0 amide bonds. The van der Waals surface area contributed by atoms with Gasteiger partial charge in [0.05, 0.1) is 17.7 Å². The zero-order valence-electron chi connectivity index (χ0n) is 24.5. The summed E-state index contributed by atoms with van der Waals surface area (Å²) in [4.78, 5) is 9.28. The molecule has 6 aromatic rings. The van der Waals surface area contributed by atoms with Crippen LogP contribution in [0.3, 0.4) is 0 Å². The maximum Gasteiger partial charge on any atom is 0.137 e. The molecule has 0 atom stereocenters. The van der Waals surface area contributed by atoms with Crippen LogP contribution in [0.1, 0.15) is 31.9 Å². The molecule has 4 aromatic carbocycles. The van der Waals surface area contributed by atoms with Gasteiger partial charge in [0.1, 0.15) is 17.3 Å². The summed E-state index contributed by atoms with van der Waals surface area (Å²) in [5, 5.41) is 2.37. The van der Waals surface area contributed by atoms with Crippen LogP contribution in [0.25, 0.3) is 27.6 Å². The van der Waals surface area contributed by atoms with E-state index in [1.807, 2.05) is 18.3 Å². The van der Waals surface area contributed by atoms with E-state index >= 15 is 0 Å². The van der Waals surface area contributed by atoms with Gasteiger partial charge in [-0.2, -0.15) is 0 Å². The lowest BCUT2D eigenvalue weighted by Crippen LogP contribution is -2.24. The Morgan fingerprint density at radius 2 is 1.38 bits per heavy atom. The molecule has 5 heteroatoms. The number of ether oxygens (including phenoxy) is 1. The van der Waals surface area contributed by atoms with Crippen molar-refractivity contribution in [2.45, 2.75) is 33.1 Å². The van der Waals surface area contributed by atoms with Crippen LogP contribution in [0.2, 0.25) is 0 Å². The minimum absolute atomic E-state index is 0.0251. The molecule has 1 aliphatic heterocycles. The molecule has 208 valence electrons. The number of para-hydroxylation sites is 1. The molecule has 0 radical (unpaired) electrons. The van der Waals surface area contributed by atoms with E-state index < -0.39 is 0 Å². The van der Waals surface area contributed by atoms with Crippen molar-refractivity contribution >= 4 is 33.2 Å². The first-order valence-electron chi connectivity index (χ1n) is 14.4. The Morgan fingerprint density at radius 1 is 0.667 bits per heavy atom. The number of benzene rings is 4. The summed E-state index contributed by atoms with van der Waals surface area (Å²) < 4.78 is 8.73. The number of fused-ring (bicyclic) bond motifs is 3. The Labute approximate surface area is 246 Å². The standard InChI is InChI=1S/C37H34N4O/c1-26-9-7-10-28(21-26)39-19-20-40(25-39)29-11-8-12-30(23-29)42-31-15-16-33-32-13-5-6-14-34(32)41(35(33)24-31)36-22-27(17-18-38-36)37(2,3)4/h5-24H,25H2,1-4H3. The third kappa shape index (κ3) is 4.77. The van der Waals surface area contributed by atoms with Crippen molar-refractivity contribution in [1.82, 2.24) is 9.55 Å². The van der Waals surface area contributed by atoms with Gasteiger partial charge in [-0.3, -0.25) is 4.57 Å². The van der Waals surface area contributed by atoms with Crippen LogP contribution >= 0.6 is 0 Å². The molecule has 42 heavy (non-hydrogen) atoms. The predicted molar refractivity (Wildman–Crippen MR) is 174 cm³/mol. The second-order valence-corrected chi connectivity index (χ2v) is 12.0. The molecule has 0 N–H and O–H groups in total. The van der Waals surface area contributed by atoms with Crippen molar-refractivity contribution in [3.05, 3.63) is 133 Å². The van der Waals surface area contributed by atoms with Gasteiger partial charge in [-0.15, -0.1) is 0 Å². The topological polar surface area (TPSA) is 33.5 Å². The fraction of sp³-hybridized carbons (Fsp3) is 0.162. The second kappa shape index (κ2) is 10.1. The first-order chi connectivity index (χ1) is 20.3. The number of rotatable bonds is 5. The van der Waals surface area contributed by atoms with E-state index in [1.165, 1.54) is 27.6 Å². The molecule has 7 rings (SSSR count). The maximum atomic E-state index is 6.48. The zero-order valence-corrected chi connectivity index (χ0v) is 24.5. The van der Waals surface area contributed by atoms with E-state index in [1.54, 1.807) is 0 Å². The Hall–Kier alpha value is -5.03. The molecule has 0 aliphatic carbocycles. The highest BCUT2D eigenvalue weighted by Crippen LogP contribution is 2.36. The Morgan fingerprint density at radius 3 is 2.17 bits per heavy atom. The number of pyridine rings is 1. The fourth-order valence-electron chi connectivity index (χ4n) is 5.69. The van der Waals surface area contributed by atoms with E-state index in [0.717, 1.165) is 40.7 Å². The van der Waals surface area contributed by atoms with Crippen molar-refractivity contribution < 1.29 is 4.74 Å². The number of aryl methyl sites for hydroxylation is 1. The summed E-state index contributed by atoms with van der Waals surface area (Å²) >= 11 is 0. The van der Waals surface area contributed by atoms with Gasteiger partial charge in [-0.1, -0.05) is 57.2 Å². The van der Waals surface area contributed by atoms with E-state index in [0.29, 0.717) is 0 Å². The average Bonchev–Trinajstić information content (AvgIpc) is 3.61. The van der Waals surface area contributed by atoms with Gasteiger partial charge in [-0.25, -0.2) is 4.98 Å². The highest BCUT2D eigenvalue weighted by atomic mass is 16.5. The largest absolute Gasteiger partial charge is 0.457 e. The SMILES string of the molecule is Cc1cccc(N2C=CN(c3cccc(Oc4ccc5c6ccccc6n(-c6cc(C(C)(C)C)ccn6)c5c4)c3)C2)c1. The number of anilines is 2. The van der Waals surface area contributed by atoms with Crippen molar-refractivity contribution in [3.63, 3.8) is 0 Å². The van der Waals surface area contributed by atoms with Crippen LogP contribution in [-0.2, 0) is 5.41 Å². The van der Waals surface area contributed by atoms with Gasteiger partial charge < -0.3 is 14.5 Å². The third-order valence-corrected chi connectivity index (χ3v) is 7.94. The average molecular weight is 551 g/mol. The summed E-state index contributed by atoms with van der Waals surface area (Å²) in [5.74, 6) is 2.49. The Bertz CT molecular complexity index is 1960. The summed E-state index contributed by atoms with van der Waals surface area (Å²) in [7, 11) is 0. The van der Waals surface area contributed by atoms with Crippen LogP contribution < -0.4 is 14.5 Å². The van der Waals surface area contributed by atoms with Crippen molar-refractivity contribution in [1.29, 1.82) is 0 Å². The van der Waals surface area contributed by atoms with Gasteiger partial charge in [0.2, 0.25) is 0 Å². The molecule has 0 saturated heterocycles. The van der Waals surface area contributed by atoms with Gasteiger partial charge in [0.25, 0.3) is 0 Å². The normalized spacial score (nSPS) is 13.4. The Kier molecular flexibility index (Phi) is 6.23. The minimum atomic E-state index is 0.0251. The van der Waals surface area contributed by atoms with Crippen LogP contribution in [0.15, 0.2) is 122 Å². The molecule has 0 saturated carbocycles. The number of nitrogens with zero attached hydrogens (tertiary/aromatic N) is 4.